The number of nitrogens with one attached hydrogen (secondary N) is 1. The highest BCUT2D eigenvalue weighted by Gasteiger charge is 2.23. The molecule has 0 aliphatic carbocycles. The Labute approximate surface area is 142 Å². The Morgan fingerprint density at radius 3 is 2.71 bits per heavy atom. The van der Waals surface area contributed by atoms with E-state index in [2.05, 4.69) is 15.0 Å². The summed E-state index contributed by atoms with van der Waals surface area (Å²) in [6, 6.07) is 4.31. The number of esters is 1. The van der Waals surface area contributed by atoms with Gasteiger partial charge < -0.3 is 20.3 Å². The van der Waals surface area contributed by atoms with Crippen molar-refractivity contribution in [1.29, 1.82) is 0 Å². The van der Waals surface area contributed by atoms with E-state index in [-0.39, 0.29) is 40.6 Å². The number of phenolic OH excluding ortho intramolecular Hbond substituents is 2. The highest BCUT2D eigenvalue weighted by Crippen LogP contribution is 2.37. The summed E-state index contributed by atoms with van der Waals surface area (Å²) in [4.78, 5) is 27.7. The van der Waals surface area contributed by atoms with Crippen molar-refractivity contribution in [2.75, 3.05) is 12.4 Å². The molecule has 0 bridgehead atoms. The third-order valence-corrected chi connectivity index (χ3v) is 3.68. The lowest BCUT2D eigenvalue weighted by atomic mass is 10.0. The van der Waals surface area contributed by atoms with Gasteiger partial charge in [0, 0.05) is 18.7 Å². The van der Waals surface area contributed by atoms with Crippen molar-refractivity contribution in [2.45, 2.75) is 12.8 Å². The molecular formula is C16H15ClN2O5. The maximum Gasteiger partial charge on any atom is 0.341 e. The van der Waals surface area contributed by atoms with Gasteiger partial charge in [-0.05, 0) is 24.1 Å². The van der Waals surface area contributed by atoms with E-state index in [1.54, 1.807) is 18.3 Å². The first-order valence-corrected chi connectivity index (χ1v) is 7.33. The molecule has 0 atom stereocenters. The number of phenols is 2. The van der Waals surface area contributed by atoms with Gasteiger partial charge in [0.05, 0.1) is 24.0 Å². The summed E-state index contributed by atoms with van der Waals surface area (Å²) in [5.74, 6) is -1.99. The van der Waals surface area contributed by atoms with Crippen LogP contribution in [0.5, 0.6) is 11.5 Å². The van der Waals surface area contributed by atoms with Crippen molar-refractivity contribution >= 4 is 29.2 Å². The van der Waals surface area contributed by atoms with Gasteiger partial charge in [0.25, 0.3) is 0 Å². The Hall–Kier alpha value is -2.80. The number of anilines is 1. The molecule has 8 heteroatoms. The number of amides is 1. The van der Waals surface area contributed by atoms with Crippen LogP contribution in [0.2, 0.25) is 5.02 Å². The lowest BCUT2D eigenvalue weighted by Gasteiger charge is -2.13. The van der Waals surface area contributed by atoms with Gasteiger partial charge in [-0.1, -0.05) is 11.6 Å². The number of halogens is 1. The van der Waals surface area contributed by atoms with Gasteiger partial charge in [-0.15, -0.1) is 0 Å². The number of rotatable bonds is 5. The first kappa shape index (κ1) is 17.6. The lowest BCUT2D eigenvalue weighted by Crippen LogP contribution is -2.14. The molecular weight excluding hydrogens is 336 g/mol. The fourth-order valence-electron chi connectivity index (χ4n) is 2.15. The fraction of sp³-hybridized carbons (Fsp3) is 0.188. The zero-order chi connectivity index (χ0) is 17.7. The number of aromatic hydroxyl groups is 2. The van der Waals surface area contributed by atoms with Crippen LogP contribution in [0.15, 0.2) is 30.6 Å². The largest absolute Gasteiger partial charge is 0.507 e. The predicted molar refractivity (Wildman–Crippen MR) is 87.3 cm³/mol. The fourth-order valence-corrected chi connectivity index (χ4v) is 2.39. The number of carbonyl (C=O) groups is 2. The van der Waals surface area contributed by atoms with Crippen LogP contribution >= 0.6 is 11.6 Å². The van der Waals surface area contributed by atoms with Crippen molar-refractivity contribution < 1.29 is 24.5 Å². The Morgan fingerprint density at radius 1 is 1.33 bits per heavy atom. The minimum atomic E-state index is -0.808. The van der Waals surface area contributed by atoms with Crippen LogP contribution in [0.3, 0.4) is 0 Å². The second-order valence-electron chi connectivity index (χ2n) is 4.86. The number of hydrogen-bond donors (Lipinski definition) is 3. The molecule has 0 saturated carbocycles. The number of nitrogens with zero attached hydrogens (tertiary/aromatic N) is 1. The van der Waals surface area contributed by atoms with Crippen LogP contribution < -0.4 is 5.32 Å². The standard InChI is InChI=1S/C16H15ClN2O5/c1-24-16(23)14-10(15(17)12(21)7-11(14)20)4-5-13(22)19-9-3-2-6-18-8-9/h2-3,6-8,20-21H,4-5H2,1H3,(H,19,22). The minimum Gasteiger partial charge on any atom is -0.507 e. The topological polar surface area (TPSA) is 109 Å². The molecule has 1 heterocycles. The van der Waals surface area contributed by atoms with Gasteiger partial charge in [-0.3, -0.25) is 9.78 Å². The summed E-state index contributed by atoms with van der Waals surface area (Å²) < 4.78 is 4.61. The zero-order valence-electron chi connectivity index (χ0n) is 12.7. The van der Waals surface area contributed by atoms with Gasteiger partial charge in [0.15, 0.2) is 0 Å². The van der Waals surface area contributed by atoms with Gasteiger partial charge in [-0.25, -0.2) is 4.79 Å². The molecule has 7 nitrogen and oxygen atoms in total. The summed E-state index contributed by atoms with van der Waals surface area (Å²) in [5.41, 5.74) is 0.498. The molecule has 1 aromatic heterocycles. The molecule has 0 unspecified atom stereocenters. The monoisotopic (exact) mass is 350 g/mol. The van der Waals surface area contributed by atoms with E-state index in [0.717, 1.165) is 13.2 Å². The summed E-state index contributed by atoms with van der Waals surface area (Å²) in [5, 5.41) is 22.1. The van der Waals surface area contributed by atoms with Crippen molar-refractivity contribution in [1.82, 2.24) is 4.98 Å². The number of methoxy groups -OCH3 is 1. The lowest BCUT2D eigenvalue weighted by molar-refractivity contribution is -0.116. The molecule has 2 rings (SSSR count). The summed E-state index contributed by atoms with van der Waals surface area (Å²) in [6.45, 7) is 0. The molecule has 0 spiro atoms. The number of benzene rings is 1. The molecule has 0 saturated heterocycles. The Morgan fingerprint density at radius 2 is 2.08 bits per heavy atom. The molecule has 0 fully saturated rings. The molecule has 126 valence electrons. The van der Waals surface area contributed by atoms with Gasteiger partial charge in [0.1, 0.15) is 17.1 Å². The zero-order valence-corrected chi connectivity index (χ0v) is 13.5. The third kappa shape index (κ3) is 3.94. The van der Waals surface area contributed by atoms with Crippen molar-refractivity contribution in [2.24, 2.45) is 0 Å². The van der Waals surface area contributed by atoms with E-state index >= 15 is 0 Å². The van der Waals surface area contributed by atoms with E-state index in [4.69, 9.17) is 11.6 Å². The van der Waals surface area contributed by atoms with Crippen LogP contribution in [-0.4, -0.2) is 34.2 Å². The first-order chi connectivity index (χ1) is 11.4. The van der Waals surface area contributed by atoms with E-state index in [9.17, 15) is 19.8 Å². The smallest absolute Gasteiger partial charge is 0.341 e. The highest BCUT2D eigenvalue weighted by atomic mass is 35.5. The minimum absolute atomic E-state index is 0.0251. The van der Waals surface area contributed by atoms with Crippen molar-refractivity contribution in [3.05, 3.63) is 46.7 Å². The molecule has 1 aromatic carbocycles. The molecule has 1 amide bonds. The summed E-state index contributed by atoms with van der Waals surface area (Å²) >= 11 is 6.00. The molecule has 0 aliphatic rings. The number of ether oxygens (including phenoxy) is 1. The normalized spacial score (nSPS) is 10.2. The Bertz CT molecular complexity index is 765. The summed E-state index contributed by atoms with van der Waals surface area (Å²) in [6.07, 6.45) is 3.07. The maximum atomic E-state index is 12.0. The number of hydrogen-bond acceptors (Lipinski definition) is 6. The summed E-state index contributed by atoms with van der Waals surface area (Å²) in [7, 11) is 1.15. The first-order valence-electron chi connectivity index (χ1n) is 6.95. The van der Waals surface area contributed by atoms with Crippen molar-refractivity contribution in [3.8, 4) is 11.5 Å². The molecule has 0 radical (unpaired) electrons. The Kier molecular flexibility index (Phi) is 5.59. The SMILES string of the molecule is COC(=O)c1c(O)cc(O)c(Cl)c1CCC(=O)Nc1cccnc1. The highest BCUT2D eigenvalue weighted by molar-refractivity contribution is 6.33. The van der Waals surface area contributed by atoms with Crippen LogP contribution in [0.4, 0.5) is 5.69 Å². The number of aromatic nitrogens is 1. The second kappa shape index (κ2) is 7.65. The second-order valence-corrected chi connectivity index (χ2v) is 5.24. The average molecular weight is 351 g/mol. The van der Waals surface area contributed by atoms with Gasteiger partial charge in [0.2, 0.25) is 5.91 Å². The van der Waals surface area contributed by atoms with Crippen LogP contribution in [0, 0.1) is 0 Å². The van der Waals surface area contributed by atoms with E-state index in [1.165, 1.54) is 6.20 Å². The average Bonchev–Trinajstić information content (AvgIpc) is 2.57. The van der Waals surface area contributed by atoms with Crippen molar-refractivity contribution in [3.63, 3.8) is 0 Å². The molecule has 24 heavy (non-hydrogen) atoms. The van der Waals surface area contributed by atoms with Gasteiger partial charge in [-0.2, -0.15) is 0 Å². The predicted octanol–water partition coefficient (Wildman–Crippen LogP) is 2.50. The van der Waals surface area contributed by atoms with Crippen LogP contribution in [-0.2, 0) is 16.0 Å². The van der Waals surface area contributed by atoms with Crippen LogP contribution in [0.1, 0.15) is 22.3 Å². The van der Waals surface area contributed by atoms with E-state index in [0.29, 0.717) is 5.69 Å². The van der Waals surface area contributed by atoms with E-state index < -0.39 is 11.7 Å². The van der Waals surface area contributed by atoms with E-state index in [1.807, 2.05) is 0 Å². The quantitative estimate of drug-likeness (QED) is 0.715. The number of carbonyl (C=O) groups excluding carboxylic acids is 2. The maximum absolute atomic E-state index is 12.0. The molecule has 0 aliphatic heterocycles. The number of pyridine rings is 1. The van der Waals surface area contributed by atoms with Gasteiger partial charge >= 0.3 is 5.97 Å². The Balaban J connectivity index is 2.19. The third-order valence-electron chi connectivity index (χ3n) is 3.26. The van der Waals surface area contributed by atoms with Crippen LogP contribution in [0.25, 0.3) is 0 Å². The molecule has 2 aromatic rings. The molecule has 3 N–H and O–H groups in total.